The molecule has 1 aliphatic carbocycles. The van der Waals surface area contributed by atoms with Gasteiger partial charge in [-0.25, -0.2) is 0 Å². The highest BCUT2D eigenvalue weighted by atomic mass is 16.5. The number of anilines is 1. The average Bonchev–Trinajstić information content (AvgIpc) is 2.78. The van der Waals surface area contributed by atoms with Gasteiger partial charge < -0.3 is 14.2 Å². The summed E-state index contributed by atoms with van der Waals surface area (Å²) in [5.74, 6) is 1.56. The van der Waals surface area contributed by atoms with Crippen LogP contribution in [0.25, 0.3) is 0 Å². The van der Waals surface area contributed by atoms with Gasteiger partial charge in [0.2, 0.25) is 5.91 Å². The molecule has 2 aromatic rings. The van der Waals surface area contributed by atoms with Gasteiger partial charge in [0.1, 0.15) is 17.2 Å². The van der Waals surface area contributed by atoms with E-state index in [0.717, 1.165) is 11.3 Å². The normalized spacial score (nSPS) is 18.9. The fraction of sp³-hybridized carbons (Fsp3) is 0.333. The number of hydrogen-bond donors (Lipinski definition) is 0. The van der Waals surface area contributed by atoms with Gasteiger partial charge in [0, 0.05) is 41.7 Å². The smallest absolute Gasteiger partial charge is 0.232 e. The zero-order valence-electron chi connectivity index (χ0n) is 17.4. The van der Waals surface area contributed by atoms with Crippen LogP contribution < -0.4 is 19.1 Å². The predicted octanol–water partition coefficient (Wildman–Crippen LogP) is 4.24. The van der Waals surface area contributed by atoms with Crippen molar-refractivity contribution >= 4 is 17.4 Å². The highest BCUT2D eigenvalue weighted by Crippen LogP contribution is 2.47. The van der Waals surface area contributed by atoms with E-state index in [1.165, 1.54) is 0 Å². The summed E-state index contributed by atoms with van der Waals surface area (Å²) in [5.41, 5.74) is 2.93. The number of Topliss-reactive ketones (excluding diaryl/α,β-unsaturated/α-hetero) is 1. The van der Waals surface area contributed by atoms with Crippen LogP contribution in [0.4, 0.5) is 5.69 Å². The minimum atomic E-state index is -0.315. The Morgan fingerprint density at radius 1 is 0.900 bits per heavy atom. The van der Waals surface area contributed by atoms with Gasteiger partial charge >= 0.3 is 0 Å². The van der Waals surface area contributed by atoms with Crippen LogP contribution in [-0.2, 0) is 9.59 Å². The van der Waals surface area contributed by atoms with E-state index >= 15 is 0 Å². The molecular weight excluding hydrogens is 382 g/mol. The van der Waals surface area contributed by atoms with Crippen molar-refractivity contribution in [3.63, 3.8) is 0 Å². The Kier molecular flexibility index (Phi) is 5.48. The van der Waals surface area contributed by atoms with Crippen LogP contribution in [0.1, 0.15) is 37.2 Å². The van der Waals surface area contributed by atoms with E-state index in [2.05, 4.69) is 0 Å². The molecule has 1 atom stereocenters. The molecule has 0 fully saturated rings. The molecular formula is C24H25NO5. The SMILES string of the molecule is COc1ccc(OC)c(N2C(=O)CC(c3ccccc3OC)C3=C2CCCC3=O)c1. The quantitative estimate of drug-likeness (QED) is 0.742. The molecule has 1 heterocycles. The monoisotopic (exact) mass is 407 g/mol. The van der Waals surface area contributed by atoms with Crippen LogP contribution in [0, 0.1) is 0 Å². The summed E-state index contributed by atoms with van der Waals surface area (Å²) >= 11 is 0. The molecule has 2 aromatic carbocycles. The second kappa shape index (κ2) is 8.22. The largest absolute Gasteiger partial charge is 0.497 e. The summed E-state index contributed by atoms with van der Waals surface area (Å²) in [6.45, 7) is 0. The molecule has 1 unspecified atom stereocenters. The van der Waals surface area contributed by atoms with Crippen molar-refractivity contribution in [1.29, 1.82) is 0 Å². The van der Waals surface area contributed by atoms with Crippen molar-refractivity contribution in [2.75, 3.05) is 26.2 Å². The number of allylic oxidation sites excluding steroid dienone is 2. The lowest BCUT2D eigenvalue weighted by molar-refractivity contribution is -0.120. The van der Waals surface area contributed by atoms with E-state index in [4.69, 9.17) is 14.2 Å². The lowest BCUT2D eigenvalue weighted by Gasteiger charge is -2.39. The molecule has 1 aliphatic heterocycles. The van der Waals surface area contributed by atoms with Gasteiger partial charge in [0.15, 0.2) is 5.78 Å². The summed E-state index contributed by atoms with van der Waals surface area (Å²) in [6, 6.07) is 12.9. The number of benzene rings is 2. The molecule has 2 aliphatic rings. The van der Waals surface area contributed by atoms with Gasteiger partial charge in [0.25, 0.3) is 0 Å². The minimum absolute atomic E-state index is 0.0779. The van der Waals surface area contributed by atoms with Crippen molar-refractivity contribution in [1.82, 2.24) is 0 Å². The molecule has 0 aromatic heterocycles. The van der Waals surface area contributed by atoms with E-state index in [-0.39, 0.29) is 24.0 Å². The minimum Gasteiger partial charge on any atom is -0.497 e. The number of amides is 1. The third-order valence-electron chi connectivity index (χ3n) is 5.82. The Morgan fingerprint density at radius 2 is 1.67 bits per heavy atom. The Morgan fingerprint density at radius 3 is 2.40 bits per heavy atom. The zero-order chi connectivity index (χ0) is 21.3. The summed E-state index contributed by atoms with van der Waals surface area (Å²) in [5, 5.41) is 0. The lowest BCUT2D eigenvalue weighted by Crippen LogP contribution is -2.40. The molecule has 4 rings (SSSR count). The Bertz CT molecular complexity index is 1030. The first-order chi connectivity index (χ1) is 14.6. The zero-order valence-corrected chi connectivity index (χ0v) is 17.4. The molecule has 0 saturated carbocycles. The number of ether oxygens (including phenoxy) is 3. The third kappa shape index (κ3) is 3.32. The lowest BCUT2D eigenvalue weighted by atomic mass is 9.77. The van der Waals surface area contributed by atoms with E-state index in [9.17, 15) is 9.59 Å². The summed E-state index contributed by atoms with van der Waals surface area (Å²) in [6.07, 6.45) is 2.04. The maximum atomic E-state index is 13.5. The predicted molar refractivity (Wildman–Crippen MR) is 113 cm³/mol. The number of hydrogen-bond acceptors (Lipinski definition) is 5. The Hall–Kier alpha value is -3.28. The summed E-state index contributed by atoms with van der Waals surface area (Å²) < 4.78 is 16.4. The van der Waals surface area contributed by atoms with Crippen LogP contribution in [0.15, 0.2) is 53.7 Å². The van der Waals surface area contributed by atoms with Crippen molar-refractivity contribution in [2.24, 2.45) is 0 Å². The van der Waals surface area contributed by atoms with Gasteiger partial charge in [0.05, 0.1) is 27.0 Å². The number of carbonyl (C=O) groups excluding carboxylic acids is 2. The topological polar surface area (TPSA) is 65.1 Å². The first-order valence-electron chi connectivity index (χ1n) is 10.0. The number of rotatable bonds is 5. The molecule has 0 spiro atoms. The maximum Gasteiger partial charge on any atom is 0.232 e. The molecule has 156 valence electrons. The van der Waals surface area contributed by atoms with Gasteiger partial charge in [-0.1, -0.05) is 18.2 Å². The number of para-hydroxylation sites is 1. The molecule has 6 nitrogen and oxygen atoms in total. The first kappa shape index (κ1) is 20.0. The molecule has 0 N–H and O–H groups in total. The van der Waals surface area contributed by atoms with Gasteiger partial charge in [-0.2, -0.15) is 0 Å². The standard InChI is InChI=1S/C24H25NO5/c1-28-15-11-12-22(30-3)19(13-15)25-18-8-6-9-20(26)24(18)17(14-23(25)27)16-7-4-5-10-21(16)29-2/h4-5,7,10-13,17H,6,8-9,14H2,1-3H3. The number of carbonyl (C=O) groups is 2. The van der Waals surface area contributed by atoms with Crippen LogP contribution in [-0.4, -0.2) is 33.0 Å². The van der Waals surface area contributed by atoms with Gasteiger partial charge in [-0.05, 0) is 31.0 Å². The van der Waals surface area contributed by atoms with Crippen molar-refractivity contribution in [2.45, 2.75) is 31.6 Å². The van der Waals surface area contributed by atoms with Crippen molar-refractivity contribution in [3.8, 4) is 17.2 Å². The van der Waals surface area contributed by atoms with Gasteiger partial charge in [-0.15, -0.1) is 0 Å². The highest BCUT2D eigenvalue weighted by Gasteiger charge is 2.41. The Labute approximate surface area is 176 Å². The molecule has 0 radical (unpaired) electrons. The number of nitrogens with zero attached hydrogens (tertiary/aromatic N) is 1. The molecule has 0 bridgehead atoms. The third-order valence-corrected chi connectivity index (χ3v) is 5.82. The summed E-state index contributed by atoms with van der Waals surface area (Å²) in [7, 11) is 4.75. The van der Waals surface area contributed by atoms with Crippen LogP contribution in [0.3, 0.4) is 0 Å². The first-order valence-corrected chi connectivity index (χ1v) is 10.0. The molecule has 30 heavy (non-hydrogen) atoms. The van der Waals surface area contributed by atoms with Crippen LogP contribution >= 0.6 is 0 Å². The highest BCUT2D eigenvalue weighted by molar-refractivity contribution is 6.08. The maximum absolute atomic E-state index is 13.5. The Balaban J connectivity index is 1.91. The van der Waals surface area contributed by atoms with E-state index in [0.29, 0.717) is 47.8 Å². The van der Waals surface area contributed by atoms with Crippen molar-refractivity contribution in [3.05, 3.63) is 59.3 Å². The van der Waals surface area contributed by atoms with Crippen molar-refractivity contribution < 1.29 is 23.8 Å². The molecule has 6 heteroatoms. The second-order valence-electron chi connectivity index (χ2n) is 7.40. The van der Waals surface area contributed by atoms with E-state index in [1.54, 1.807) is 44.4 Å². The van der Waals surface area contributed by atoms with Gasteiger partial charge in [-0.3, -0.25) is 14.5 Å². The average molecular weight is 407 g/mol. The second-order valence-corrected chi connectivity index (χ2v) is 7.40. The number of methoxy groups -OCH3 is 3. The van der Waals surface area contributed by atoms with E-state index in [1.807, 2.05) is 24.3 Å². The molecule has 1 amide bonds. The van der Waals surface area contributed by atoms with Crippen LogP contribution in [0.5, 0.6) is 17.2 Å². The fourth-order valence-corrected chi connectivity index (χ4v) is 4.46. The summed E-state index contributed by atoms with van der Waals surface area (Å²) in [4.78, 5) is 28.2. The number of ketones is 1. The van der Waals surface area contributed by atoms with E-state index < -0.39 is 0 Å². The van der Waals surface area contributed by atoms with Crippen LogP contribution in [0.2, 0.25) is 0 Å². The fourth-order valence-electron chi connectivity index (χ4n) is 4.46. The molecule has 0 saturated heterocycles.